The number of rotatable bonds is 4. The first-order valence-corrected chi connectivity index (χ1v) is 5.70. The molecule has 2 aromatic rings. The fourth-order valence-electron chi connectivity index (χ4n) is 1.57. The molecule has 2 heterocycles. The molecule has 0 amide bonds. The van der Waals surface area contributed by atoms with Crippen molar-refractivity contribution in [2.75, 3.05) is 7.05 Å². The maximum Gasteiger partial charge on any atom is 0.243 e. The van der Waals surface area contributed by atoms with Gasteiger partial charge >= 0.3 is 0 Å². The van der Waals surface area contributed by atoms with E-state index in [4.69, 9.17) is 4.52 Å². The molecule has 0 saturated carbocycles. The third-order valence-electron chi connectivity index (χ3n) is 2.77. The van der Waals surface area contributed by atoms with Crippen LogP contribution >= 0.6 is 0 Å². The van der Waals surface area contributed by atoms with Crippen LogP contribution < -0.4 is 5.32 Å². The molecule has 90 valence electrons. The normalized spacial score (nSPS) is 12.6. The molecule has 2 aromatic heterocycles. The lowest BCUT2D eigenvalue weighted by molar-refractivity contribution is 0.347. The van der Waals surface area contributed by atoms with Crippen molar-refractivity contribution >= 4 is 0 Å². The number of nitrogens with zero attached hydrogens (tertiary/aromatic N) is 3. The minimum atomic E-state index is 0.0585. The van der Waals surface area contributed by atoms with Gasteiger partial charge in [-0.05, 0) is 32.0 Å². The number of nitrogens with one attached hydrogen (secondary N) is 1. The van der Waals surface area contributed by atoms with Gasteiger partial charge in [-0.3, -0.25) is 4.98 Å². The average molecular weight is 232 g/mol. The molecule has 17 heavy (non-hydrogen) atoms. The highest BCUT2D eigenvalue weighted by Crippen LogP contribution is 2.21. The molecule has 0 spiro atoms. The van der Waals surface area contributed by atoms with Gasteiger partial charge in [-0.25, -0.2) is 0 Å². The Bertz CT molecular complexity index is 495. The van der Waals surface area contributed by atoms with Gasteiger partial charge in [0.15, 0.2) is 0 Å². The topological polar surface area (TPSA) is 63.8 Å². The molecule has 0 saturated heterocycles. The van der Waals surface area contributed by atoms with Crippen LogP contribution in [-0.4, -0.2) is 22.2 Å². The predicted molar refractivity (Wildman–Crippen MR) is 64.4 cm³/mol. The minimum absolute atomic E-state index is 0.0585. The first-order chi connectivity index (χ1) is 8.26. The lowest BCUT2D eigenvalue weighted by Gasteiger charge is -2.02. The van der Waals surface area contributed by atoms with Gasteiger partial charge in [0.2, 0.25) is 11.7 Å². The van der Waals surface area contributed by atoms with E-state index in [1.165, 1.54) is 0 Å². The van der Waals surface area contributed by atoms with Gasteiger partial charge in [0.05, 0.1) is 6.04 Å². The summed E-state index contributed by atoms with van der Waals surface area (Å²) in [5.74, 6) is 1.22. The zero-order valence-corrected chi connectivity index (χ0v) is 10.3. The Kier molecular flexibility index (Phi) is 3.49. The Morgan fingerprint density at radius 3 is 3.00 bits per heavy atom. The molecule has 5 heteroatoms. The molecule has 2 rings (SSSR count). The van der Waals surface area contributed by atoms with Crippen LogP contribution in [0.5, 0.6) is 0 Å². The number of aryl methyl sites for hydroxylation is 1. The number of pyridine rings is 1. The van der Waals surface area contributed by atoms with Gasteiger partial charge in [0.25, 0.3) is 0 Å². The maximum atomic E-state index is 5.23. The molecule has 0 radical (unpaired) electrons. The van der Waals surface area contributed by atoms with Crippen molar-refractivity contribution in [3.8, 4) is 11.4 Å². The zero-order chi connectivity index (χ0) is 12.3. The minimum Gasteiger partial charge on any atom is -0.337 e. The van der Waals surface area contributed by atoms with Gasteiger partial charge in [-0.15, -0.1) is 0 Å². The second kappa shape index (κ2) is 5.05. The standard InChI is InChI=1S/C12H16N4O/c1-4-9-7-14-6-5-10(9)11-15-12(17-16-11)8(2)13-3/h5-8,13H,4H2,1-3H3. The van der Waals surface area contributed by atoms with E-state index in [2.05, 4.69) is 27.4 Å². The van der Waals surface area contributed by atoms with E-state index in [-0.39, 0.29) is 6.04 Å². The van der Waals surface area contributed by atoms with Crippen LogP contribution in [0.4, 0.5) is 0 Å². The van der Waals surface area contributed by atoms with Crippen LogP contribution in [0, 0.1) is 0 Å². The maximum absolute atomic E-state index is 5.23. The Hall–Kier alpha value is -1.75. The number of hydrogen-bond acceptors (Lipinski definition) is 5. The van der Waals surface area contributed by atoms with Gasteiger partial charge in [-0.2, -0.15) is 4.98 Å². The lowest BCUT2D eigenvalue weighted by atomic mass is 10.1. The largest absolute Gasteiger partial charge is 0.337 e. The van der Waals surface area contributed by atoms with Gasteiger partial charge in [0, 0.05) is 18.0 Å². The average Bonchev–Trinajstić information content (AvgIpc) is 2.87. The van der Waals surface area contributed by atoms with Gasteiger partial charge < -0.3 is 9.84 Å². The molecule has 1 unspecified atom stereocenters. The number of aromatic nitrogens is 3. The van der Waals surface area contributed by atoms with E-state index < -0.39 is 0 Å². The summed E-state index contributed by atoms with van der Waals surface area (Å²) >= 11 is 0. The molecular weight excluding hydrogens is 216 g/mol. The summed E-state index contributed by atoms with van der Waals surface area (Å²) in [5.41, 5.74) is 2.11. The Morgan fingerprint density at radius 2 is 2.29 bits per heavy atom. The first kappa shape index (κ1) is 11.7. The quantitative estimate of drug-likeness (QED) is 0.873. The van der Waals surface area contributed by atoms with E-state index >= 15 is 0 Å². The van der Waals surface area contributed by atoms with Crippen LogP contribution in [0.1, 0.15) is 31.3 Å². The Balaban J connectivity index is 2.37. The van der Waals surface area contributed by atoms with Crippen molar-refractivity contribution in [1.29, 1.82) is 0 Å². The molecule has 0 aliphatic rings. The molecule has 0 bridgehead atoms. The number of hydrogen-bond donors (Lipinski definition) is 1. The predicted octanol–water partition coefficient (Wildman–Crippen LogP) is 1.97. The van der Waals surface area contributed by atoms with E-state index in [1.807, 2.05) is 26.2 Å². The smallest absolute Gasteiger partial charge is 0.243 e. The second-order valence-electron chi connectivity index (χ2n) is 3.85. The van der Waals surface area contributed by atoms with E-state index in [0.717, 1.165) is 17.5 Å². The third-order valence-corrected chi connectivity index (χ3v) is 2.77. The van der Waals surface area contributed by atoms with E-state index in [1.54, 1.807) is 6.20 Å². The Labute approximate surface area is 100 Å². The molecule has 1 atom stereocenters. The van der Waals surface area contributed by atoms with Crippen LogP contribution in [0.3, 0.4) is 0 Å². The molecule has 0 aliphatic carbocycles. The summed E-state index contributed by atoms with van der Waals surface area (Å²) in [5, 5.41) is 7.08. The fraction of sp³-hybridized carbons (Fsp3) is 0.417. The van der Waals surface area contributed by atoms with Crippen molar-refractivity contribution in [1.82, 2.24) is 20.4 Å². The van der Waals surface area contributed by atoms with E-state index in [0.29, 0.717) is 11.7 Å². The molecule has 0 aromatic carbocycles. The highest BCUT2D eigenvalue weighted by molar-refractivity contribution is 5.58. The van der Waals surface area contributed by atoms with Gasteiger partial charge in [0.1, 0.15) is 0 Å². The SMILES string of the molecule is CCc1cnccc1-c1noc(C(C)NC)n1. The highest BCUT2D eigenvalue weighted by Gasteiger charge is 2.15. The first-order valence-electron chi connectivity index (χ1n) is 5.70. The van der Waals surface area contributed by atoms with Crippen LogP contribution in [-0.2, 0) is 6.42 Å². The molecular formula is C12H16N4O. The highest BCUT2D eigenvalue weighted by atomic mass is 16.5. The molecule has 0 aliphatic heterocycles. The van der Waals surface area contributed by atoms with Crippen LogP contribution in [0.2, 0.25) is 0 Å². The van der Waals surface area contributed by atoms with Crippen molar-refractivity contribution < 1.29 is 4.52 Å². The molecule has 1 N–H and O–H groups in total. The van der Waals surface area contributed by atoms with E-state index in [9.17, 15) is 0 Å². The summed E-state index contributed by atoms with van der Waals surface area (Å²) in [6.07, 6.45) is 4.48. The summed E-state index contributed by atoms with van der Waals surface area (Å²) in [4.78, 5) is 8.49. The van der Waals surface area contributed by atoms with Crippen molar-refractivity contribution in [3.05, 3.63) is 29.9 Å². The Morgan fingerprint density at radius 1 is 1.47 bits per heavy atom. The molecule has 5 nitrogen and oxygen atoms in total. The summed E-state index contributed by atoms with van der Waals surface area (Å²) in [6.45, 7) is 4.06. The van der Waals surface area contributed by atoms with Gasteiger partial charge in [-0.1, -0.05) is 12.1 Å². The summed E-state index contributed by atoms with van der Waals surface area (Å²) < 4.78 is 5.23. The summed E-state index contributed by atoms with van der Waals surface area (Å²) in [7, 11) is 1.86. The molecule has 0 fully saturated rings. The van der Waals surface area contributed by atoms with Crippen molar-refractivity contribution in [2.45, 2.75) is 26.3 Å². The fourth-order valence-corrected chi connectivity index (χ4v) is 1.57. The van der Waals surface area contributed by atoms with Crippen LogP contribution in [0.25, 0.3) is 11.4 Å². The summed E-state index contributed by atoms with van der Waals surface area (Å²) in [6, 6.07) is 1.97. The second-order valence-corrected chi connectivity index (χ2v) is 3.85. The zero-order valence-electron chi connectivity index (χ0n) is 10.3. The monoisotopic (exact) mass is 232 g/mol. The van der Waals surface area contributed by atoms with Crippen LogP contribution in [0.15, 0.2) is 23.0 Å². The van der Waals surface area contributed by atoms with Crippen molar-refractivity contribution in [3.63, 3.8) is 0 Å². The van der Waals surface area contributed by atoms with Crippen molar-refractivity contribution in [2.24, 2.45) is 0 Å². The third kappa shape index (κ3) is 2.34. The lowest BCUT2D eigenvalue weighted by Crippen LogP contribution is -2.12.